The molecule has 0 bridgehead atoms. The highest BCUT2D eigenvalue weighted by atomic mass is 16.2. The average molecular weight is 408 g/mol. The average Bonchev–Trinajstić information content (AvgIpc) is 3.40. The van der Waals surface area contributed by atoms with E-state index in [9.17, 15) is 9.59 Å². The van der Waals surface area contributed by atoms with Crippen LogP contribution in [0.15, 0.2) is 48.8 Å². The van der Waals surface area contributed by atoms with Crippen molar-refractivity contribution in [3.8, 4) is 0 Å². The molecule has 3 heterocycles. The van der Waals surface area contributed by atoms with Crippen molar-refractivity contribution in [2.75, 3.05) is 6.54 Å². The van der Waals surface area contributed by atoms with E-state index in [0.29, 0.717) is 12.5 Å². The highest BCUT2D eigenvalue weighted by Crippen LogP contribution is 2.40. The van der Waals surface area contributed by atoms with Crippen LogP contribution in [-0.2, 0) is 16.1 Å². The van der Waals surface area contributed by atoms with E-state index in [1.807, 2.05) is 12.1 Å². The summed E-state index contributed by atoms with van der Waals surface area (Å²) in [6.07, 6.45) is 13.9. The monoisotopic (exact) mass is 407 g/mol. The van der Waals surface area contributed by atoms with Crippen molar-refractivity contribution < 1.29 is 9.59 Å². The van der Waals surface area contributed by atoms with Crippen LogP contribution in [0, 0.1) is 11.3 Å². The molecule has 1 fully saturated rings. The molecule has 0 radical (unpaired) electrons. The first-order valence-electron chi connectivity index (χ1n) is 10.5. The molecular weight excluding hydrogens is 378 g/mol. The number of hydrogen-bond donors (Lipinski definition) is 4. The highest BCUT2D eigenvalue weighted by Gasteiger charge is 2.39. The van der Waals surface area contributed by atoms with Gasteiger partial charge in [0.05, 0.1) is 24.3 Å². The summed E-state index contributed by atoms with van der Waals surface area (Å²) in [6, 6.07) is 3.04. The number of nitrogens with zero attached hydrogens (tertiary/aromatic N) is 1. The molecule has 0 aromatic carbocycles. The Morgan fingerprint density at radius 2 is 2.23 bits per heavy atom. The first kappa shape index (κ1) is 20.3. The molecule has 2 aromatic heterocycles. The lowest BCUT2D eigenvalue weighted by Gasteiger charge is -2.32. The minimum atomic E-state index is -0.600. The molecule has 7 heteroatoms. The van der Waals surface area contributed by atoms with Gasteiger partial charge in [0, 0.05) is 17.3 Å². The second-order valence-electron chi connectivity index (χ2n) is 8.60. The molecule has 1 saturated heterocycles. The Hall–Kier alpha value is -2.93. The van der Waals surface area contributed by atoms with Crippen LogP contribution in [0.1, 0.15) is 32.4 Å². The molecule has 1 unspecified atom stereocenters. The lowest BCUT2D eigenvalue weighted by molar-refractivity contribution is -0.129. The van der Waals surface area contributed by atoms with Gasteiger partial charge in [0.1, 0.15) is 6.04 Å². The summed E-state index contributed by atoms with van der Waals surface area (Å²) < 4.78 is 0. The number of aromatic amines is 1. The molecule has 7 nitrogen and oxygen atoms in total. The molecule has 4 rings (SSSR count). The maximum absolute atomic E-state index is 12.7. The summed E-state index contributed by atoms with van der Waals surface area (Å²) in [5, 5.41) is 10.1. The first-order valence-corrected chi connectivity index (χ1v) is 10.5. The fourth-order valence-corrected chi connectivity index (χ4v) is 4.33. The topological polar surface area (TPSA) is 98.9 Å². The molecule has 4 N–H and O–H groups in total. The summed E-state index contributed by atoms with van der Waals surface area (Å²) in [7, 11) is 0. The number of carbonyl (C=O) groups excluding carboxylic acids is 2. The Morgan fingerprint density at radius 3 is 3.00 bits per heavy atom. The van der Waals surface area contributed by atoms with Crippen molar-refractivity contribution in [2.24, 2.45) is 11.3 Å². The standard InChI is InChI=1S/C23H29N5O2/c1-15(21(29)26-13-18-10-16-6-9-24-14-20(16)28-18)27-22(30)19-11-17(12-25-19)23(2)7-4-3-5-8-23/h3-7,9-10,14-15,17,19,25,28H,8,11-13H2,1-2H3,(H,26,29)(H,27,30)/t15-,17-,19+,23?/m0/s1. The molecule has 2 aliphatic rings. The minimum absolute atomic E-state index is 0.0782. The van der Waals surface area contributed by atoms with Crippen LogP contribution in [-0.4, -0.2) is 40.4 Å². The highest BCUT2D eigenvalue weighted by molar-refractivity contribution is 5.89. The second kappa shape index (κ2) is 8.44. The molecule has 158 valence electrons. The summed E-state index contributed by atoms with van der Waals surface area (Å²) in [5.74, 6) is 0.0767. The van der Waals surface area contributed by atoms with Crippen molar-refractivity contribution in [3.63, 3.8) is 0 Å². The maximum atomic E-state index is 12.7. The molecule has 30 heavy (non-hydrogen) atoms. The number of allylic oxidation sites excluding steroid dienone is 4. The van der Waals surface area contributed by atoms with E-state index in [-0.39, 0.29) is 23.3 Å². The zero-order valence-corrected chi connectivity index (χ0v) is 17.4. The van der Waals surface area contributed by atoms with E-state index in [2.05, 4.69) is 57.1 Å². The number of pyridine rings is 1. The van der Waals surface area contributed by atoms with Gasteiger partial charge in [-0.3, -0.25) is 14.6 Å². The van der Waals surface area contributed by atoms with Gasteiger partial charge in [-0.25, -0.2) is 0 Å². The van der Waals surface area contributed by atoms with Crippen LogP contribution in [0.5, 0.6) is 0 Å². The molecule has 1 aliphatic heterocycles. The Labute approximate surface area is 176 Å². The number of carbonyl (C=O) groups is 2. The second-order valence-corrected chi connectivity index (χ2v) is 8.60. The summed E-state index contributed by atoms with van der Waals surface area (Å²) in [5.41, 5.74) is 1.91. The molecule has 2 aromatic rings. The zero-order chi connectivity index (χ0) is 21.1. The molecule has 2 amide bonds. The minimum Gasteiger partial charge on any atom is -0.356 e. The predicted molar refractivity (Wildman–Crippen MR) is 116 cm³/mol. The Bertz CT molecular complexity index is 961. The number of amides is 2. The smallest absolute Gasteiger partial charge is 0.242 e. The number of aromatic nitrogens is 2. The largest absolute Gasteiger partial charge is 0.356 e. The summed E-state index contributed by atoms with van der Waals surface area (Å²) >= 11 is 0. The fraction of sp³-hybridized carbons (Fsp3) is 0.435. The first-order chi connectivity index (χ1) is 14.4. The Morgan fingerprint density at radius 1 is 1.37 bits per heavy atom. The molecule has 0 saturated carbocycles. The quantitative estimate of drug-likeness (QED) is 0.590. The molecule has 4 atom stereocenters. The lowest BCUT2D eigenvalue weighted by Crippen LogP contribution is -2.49. The van der Waals surface area contributed by atoms with Crippen LogP contribution in [0.4, 0.5) is 0 Å². The van der Waals surface area contributed by atoms with Crippen LogP contribution >= 0.6 is 0 Å². The third-order valence-corrected chi connectivity index (χ3v) is 6.35. The van der Waals surface area contributed by atoms with Crippen molar-refractivity contribution >= 4 is 22.7 Å². The van der Waals surface area contributed by atoms with Crippen molar-refractivity contribution in [2.45, 2.75) is 45.3 Å². The predicted octanol–water partition coefficient (Wildman–Crippen LogP) is 2.18. The summed E-state index contributed by atoms with van der Waals surface area (Å²) in [6.45, 7) is 5.14. The van der Waals surface area contributed by atoms with Crippen LogP contribution in [0.3, 0.4) is 0 Å². The van der Waals surface area contributed by atoms with Gasteiger partial charge in [-0.2, -0.15) is 0 Å². The number of H-pyrrole nitrogens is 1. The van der Waals surface area contributed by atoms with Crippen molar-refractivity contribution in [1.29, 1.82) is 0 Å². The van der Waals surface area contributed by atoms with E-state index in [4.69, 9.17) is 0 Å². The van der Waals surface area contributed by atoms with Gasteiger partial charge in [-0.1, -0.05) is 31.2 Å². The third-order valence-electron chi connectivity index (χ3n) is 6.35. The SMILES string of the molecule is C[C@H](NC(=O)[C@H]1C[C@H](C2(C)C=CC=CC2)CN1)C(=O)NCc1cc2ccncc2[nH]1. The normalized spacial score (nSPS) is 26.6. The van der Waals surface area contributed by atoms with E-state index in [0.717, 1.165) is 36.0 Å². The van der Waals surface area contributed by atoms with Gasteiger partial charge in [-0.15, -0.1) is 0 Å². The Balaban J connectivity index is 1.26. The van der Waals surface area contributed by atoms with Crippen molar-refractivity contribution in [3.05, 3.63) is 54.5 Å². The maximum Gasteiger partial charge on any atom is 0.242 e. The van der Waals surface area contributed by atoms with Crippen LogP contribution in [0.25, 0.3) is 10.9 Å². The van der Waals surface area contributed by atoms with Gasteiger partial charge in [0.15, 0.2) is 0 Å². The van der Waals surface area contributed by atoms with Gasteiger partial charge in [0.2, 0.25) is 11.8 Å². The van der Waals surface area contributed by atoms with E-state index >= 15 is 0 Å². The fourth-order valence-electron chi connectivity index (χ4n) is 4.33. The van der Waals surface area contributed by atoms with Gasteiger partial charge < -0.3 is 20.9 Å². The number of nitrogens with one attached hydrogen (secondary N) is 4. The van der Waals surface area contributed by atoms with Crippen LogP contribution < -0.4 is 16.0 Å². The van der Waals surface area contributed by atoms with Crippen molar-refractivity contribution in [1.82, 2.24) is 25.9 Å². The van der Waals surface area contributed by atoms with Crippen LogP contribution in [0.2, 0.25) is 0 Å². The summed E-state index contributed by atoms with van der Waals surface area (Å²) in [4.78, 5) is 32.5. The number of fused-ring (bicyclic) bond motifs is 1. The zero-order valence-electron chi connectivity index (χ0n) is 17.4. The Kier molecular flexibility index (Phi) is 5.72. The molecular formula is C23H29N5O2. The number of rotatable bonds is 6. The number of hydrogen-bond acceptors (Lipinski definition) is 4. The van der Waals surface area contributed by atoms with E-state index in [1.165, 1.54) is 0 Å². The molecule has 1 aliphatic carbocycles. The molecule has 0 spiro atoms. The van der Waals surface area contributed by atoms with Gasteiger partial charge in [-0.05, 0) is 49.8 Å². The van der Waals surface area contributed by atoms with Gasteiger partial charge >= 0.3 is 0 Å². The van der Waals surface area contributed by atoms with E-state index in [1.54, 1.807) is 19.3 Å². The van der Waals surface area contributed by atoms with E-state index < -0.39 is 6.04 Å². The third kappa shape index (κ3) is 4.31. The lowest BCUT2D eigenvalue weighted by atomic mass is 9.72. The van der Waals surface area contributed by atoms with Gasteiger partial charge in [0.25, 0.3) is 0 Å².